The van der Waals surface area contributed by atoms with Gasteiger partial charge >= 0.3 is 0 Å². The molecule has 1 aromatic heterocycles. The third kappa shape index (κ3) is 3.62. The van der Waals surface area contributed by atoms with Crippen molar-refractivity contribution < 1.29 is 8.78 Å². The Kier molecular flexibility index (Phi) is 5.21. The van der Waals surface area contributed by atoms with Crippen molar-refractivity contribution in [2.24, 2.45) is 11.8 Å². The first kappa shape index (κ1) is 15.1. The fourth-order valence-electron chi connectivity index (χ4n) is 2.90. The highest BCUT2D eigenvalue weighted by Crippen LogP contribution is 2.38. The van der Waals surface area contributed by atoms with Gasteiger partial charge in [-0.25, -0.2) is 14.4 Å². The predicted molar refractivity (Wildman–Crippen MR) is 76.3 cm³/mol. The lowest BCUT2D eigenvalue weighted by Crippen LogP contribution is -2.15. The summed E-state index contributed by atoms with van der Waals surface area (Å²) in [6, 6.07) is 0. The number of rotatable bonds is 4. The Balaban J connectivity index is 2.04. The van der Waals surface area contributed by atoms with E-state index < -0.39 is 11.7 Å². The zero-order chi connectivity index (χ0) is 14.5. The third-order valence-corrected chi connectivity index (χ3v) is 4.09. The molecule has 0 atom stereocenters. The van der Waals surface area contributed by atoms with Crippen LogP contribution in [0.2, 0.25) is 0 Å². The average molecular weight is 280 g/mol. The van der Waals surface area contributed by atoms with E-state index in [2.05, 4.69) is 16.9 Å². The number of halogens is 2. The zero-order valence-corrected chi connectivity index (χ0v) is 12.2. The van der Waals surface area contributed by atoms with Crippen LogP contribution >= 0.6 is 0 Å². The van der Waals surface area contributed by atoms with Crippen molar-refractivity contribution in [1.29, 1.82) is 0 Å². The Hall–Kier alpha value is -1.32. The van der Waals surface area contributed by atoms with Crippen molar-refractivity contribution in [1.82, 2.24) is 9.97 Å². The van der Waals surface area contributed by atoms with Gasteiger partial charge in [-0.2, -0.15) is 4.39 Å². The zero-order valence-electron chi connectivity index (χ0n) is 12.2. The summed E-state index contributed by atoms with van der Waals surface area (Å²) in [7, 11) is 0. The van der Waals surface area contributed by atoms with Crippen molar-refractivity contribution >= 4 is 5.83 Å². The molecule has 1 aromatic rings. The van der Waals surface area contributed by atoms with Gasteiger partial charge in [-0.15, -0.1) is 0 Å². The van der Waals surface area contributed by atoms with Gasteiger partial charge < -0.3 is 0 Å². The molecule has 1 aliphatic rings. The van der Waals surface area contributed by atoms with Gasteiger partial charge in [-0.3, -0.25) is 0 Å². The van der Waals surface area contributed by atoms with Gasteiger partial charge in [0.05, 0.1) is 0 Å². The van der Waals surface area contributed by atoms with Crippen LogP contribution in [0.4, 0.5) is 8.78 Å². The quantitative estimate of drug-likeness (QED) is 0.775. The maximum atomic E-state index is 14.2. The van der Waals surface area contributed by atoms with Crippen molar-refractivity contribution in [3.63, 3.8) is 0 Å². The van der Waals surface area contributed by atoms with Crippen LogP contribution < -0.4 is 0 Å². The lowest BCUT2D eigenvalue weighted by atomic mass is 9.79. The van der Waals surface area contributed by atoms with E-state index in [0.29, 0.717) is 5.92 Å². The summed E-state index contributed by atoms with van der Waals surface area (Å²) in [4.78, 5) is 7.71. The molecule has 2 rings (SSSR count). The molecule has 0 spiro atoms. The molecule has 0 radical (unpaired) electrons. The van der Waals surface area contributed by atoms with E-state index in [1.807, 2.05) is 6.92 Å². The summed E-state index contributed by atoms with van der Waals surface area (Å²) in [5.41, 5.74) is 0.835. The molecule has 1 heterocycles. The van der Waals surface area contributed by atoms with Gasteiger partial charge in [0.1, 0.15) is 5.83 Å². The predicted octanol–water partition coefficient (Wildman–Crippen LogP) is 5.00. The Morgan fingerprint density at radius 1 is 1.15 bits per heavy atom. The highest BCUT2D eigenvalue weighted by molar-refractivity contribution is 5.54. The van der Waals surface area contributed by atoms with Crippen LogP contribution in [-0.4, -0.2) is 9.97 Å². The number of aryl methyl sites for hydroxylation is 1. The molecule has 0 aliphatic heterocycles. The first-order valence-electron chi connectivity index (χ1n) is 7.46. The van der Waals surface area contributed by atoms with Crippen LogP contribution in [0, 0.1) is 18.8 Å². The van der Waals surface area contributed by atoms with Gasteiger partial charge in [-0.1, -0.05) is 19.8 Å². The highest BCUT2D eigenvalue weighted by Gasteiger charge is 2.27. The van der Waals surface area contributed by atoms with Crippen molar-refractivity contribution in [2.75, 3.05) is 0 Å². The molecule has 0 bridgehead atoms. The first-order valence-corrected chi connectivity index (χ1v) is 7.46. The second-order valence-electron chi connectivity index (χ2n) is 5.75. The molecule has 0 unspecified atom stereocenters. The van der Waals surface area contributed by atoms with E-state index in [1.165, 1.54) is 25.2 Å². The largest absolute Gasteiger partial charge is 0.234 e. The maximum Gasteiger partial charge on any atom is 0.199 e. The number of aromatic nitrogens is 2. The molecule has 2 nitrogen and oxygen atoms in total. The van der Waals surface area contributed by atoms with E-state index in [1.54, 1.807) is 0 Å². The minimum absolute atomic E-state index is 0.135. The fraction of sp³-hybridized carbons (Fsp3) is 0.625. The number of hydrogen-bond acceptors (Lipinski definition) is 2. The minimum Gasteiger partial charge on any atom is -0.234 e. The molecule has 0 amide bonds. The van der Waals surface area contributed by atoms with Gasteiger partial charge in [-0.05, 0) is 44.1 Å². The summed E-state index contributed by atoms with van der Waals surface area (Å²) in [6.07, 6.45) is 8.83. The molecule has 0 aromatic carbocycles. The second-order valence-corrected chi connectivity index (χ2v) is 5.75. The van der Waals surface area contributed by atoms with E-state index in [0.717, 1.165) is 31.2 Å². The van der Waals surface area contributed by atoms with E-state index in [9.17, 15) is 8.78 Å². The normalized spacial score (nSPS) is 24.4. The van der Waals surface area contributed by atoms with Crippen LogP contribution in [0.5, 0.6) is 0 Å². The Labute approximate surface area is 119 Å². The summed E-state index contributed by atoms with van der Waals surface area (Å²) >= 11 is 0. The summed E-state index contributed by atoms with van der Waals surface area (Å²) in [6.45, 7) is 3.98. The average Bonchev–Trinajstić information content (AvgIpc) is 2.48. The first-order chi connectivity index (χ1) is 9.61. The van der Waals surface area contributed by atoms with Crippen molar-refractivity contribution in [2.45, 2.75) is 52.4 Å². The van der Waals surface area contributed by atoms with Crippen molar-refractivity contribution in [3.05, 3.63) is 29.6 Å². The van der Waals surface area contributed by atoms with Crippen LogP contribution in [0.25, 0.3) is 5.83 Å². The lowest BCUT2D eigenvalue weighted by Gasteiger charge is -2.27. The summed E-state index contributed by atoms with van der Waals surface area (Å²) in [5, 5.41) is 0. The van der Waals surface area contributed by atoms with Gasteiger partial charge in [0, 0.05) is 18.3 Å². The van der Waals surface area contributed by atoms with Crippen LogP contribution in [-0.2, 0) is 0 Å². The smallest absolute Gasteiger partial charge is 0.199 e. The Morgan fingerprint density at radius 3 is 2.30 bits per heavy atom. The highest BCUT2D eigenvalue weighted by atomic mass is 19.2. The van der Waals surface area contributed by atoms with Crippen LogP contribution in [0.1, 0.15) is 56.8 Å². The molecule has 0 N–H and O–H groups in total. The Bertz CT molecular complexity index is 460. The standard InChI is InChI=1S/C16H22F2N2/c1-3-4-12-5-7-13(8-6-12)14(17)15(18)16-19-9-11(2)10-20-16/h9-10,12-13H,3-8H2,1-2H3/b15-14+. The number of nitrogens with zero attached hydrogens (tertiary/aromatic N) is 2. The van der Waals surface area contributed by atoms with E-state index in [4.69, 9.17) is 0 Å². The third-order valence-electron chi connectivity index (χ3n) is 4.09. The second kappa shape index (κ2) is 6.91. The number of hydrogen-bond donors (Lipinski definition) is 0. The minimum atomic E-state index is -0.885. The van der Waals surface area contributed by atoms with Crippen LogP contribution in [0.15, 0.2) is 18.2 Å². The molecule has 20 heavy (non-hydrogen) atoms. The van der Waals surface area contributed by atoms with Crippen molar-refractivity contribution in [3.8, 4) is 0 Å². The van der Waals surface area contributed by atoms with Gasteiger partial charge in [0.25, 0.3) is 0 Å². The SMILES string of the molecule is CCCC1CCC(/C(F)=C(\F)c2ncc(C)cn2)CC1. The fourth-order valence-corrected chi connectivity index (χ4v) is 2.90. The summed E-state index contributed by atoms with van der Waals surface area (Å²) in [5.74, 6) is -1.30. The maximum absolute atomic E-state index is 14.2. The molecule has 110 valence electrons. The van der Waals surface area contributed by atoms with E-state index >= 15 is 0 Å². The van der Waals surface area contributed by atoms with E-state index in [-0.39, 0.29) is 11.7 Å². The topological polar surface area (TPSA) is 25.8 Å². The van der Waals surface area contributed by atoms with Gasteiger partial charge in [0.15, 0.2) is 11.7 Å². The van der Waals surface area contributed by atoms with Gasteiger partial charge in [0.2, 0.25) is 0 Å². The molecular weight excluding hydrogens is 258 g/mol. The molecule has 1 saturated carbocycles. The summed E-state index contributed by atoms with van der Waals surface area (Å²) < 4.78 is 28.3. The number of allylic oxidation sites excluding steroid dienone is 1. The molecule has 0 saturated heterocycles. The molecule has 1 fully saturated rings. The lowest BCUT2D eigenvalue weighted by molar-refractivity contribution is 0.261. The van der Waals surface area contributed by atoms with Crippen LogP contribution in [0.3, 0.4) is 0 Å². The monoisotopic (exact) mass is 280 g/mol. The molecule has 4 heteroatoms. The molecular formula is C16H22F2N2. The Morgan fingerprint density at radius 2 is 1.75 bits per heavy atom. The molecule has 1 aliphatic carbocycles.